The van der Waals surface area contributed by atoms with Gasteiger partial charge in [-0.2, -0.15) is 0 Å². The second-order valence-electron chi connectivity index (χ2n) is 4.31. The van der Waals surface area contributed by atoms with E-state index in [4.69, 9.17) is 28.9 Å². The minimum atomic E-state index is 0.0477. The van der Waals surface area contributed by atoms with E-state index in [-0.39, 0.29) is 6.04 Å². The summed E-state index contributed by atoms with van der Waals surface area (Å²) < 4.78 is 0. The smallest absolute Gasteiger partial charge is 0.0795 e. The van der Waals surface area contributed by atoms with Gasteiger partial charge in [-0.05, 0) is 24.7 Å². The van der Waals surface area contributed by atoms with Gasteiger partial charge in [-0.3, -0.25) is 4.90 Å². The third kappa shape index (κ3) is 3.68. The summed E-state index contributed by atoms with van der Waals surface area (Å²) in [6.45, 7) is 1.23. The summed E-state index contributed by atoms with van der Waals surface area (Å²) in [4.78, 5) is 6.43. The van der Waals surface area contributed by atoms with Crippen LogP contribution < -0.4 is 5.73 Å². The Balaban J connectivity index is 2.18. The molecule has 0 saturated carbocycles. The van der Waals surface area contributed by atoms with E-state index in [0.717, 1.165) is 17.8 Å². The van der Waals surface area contributed by atoms with E-state index in [1.165, 1.54) is 0 Å². The maximum atomic E-state index is 6.25. The second kappa shape index (κ2) is 6.68. The van der Waals surface area contributed by atoms with Crippen LogP contribution in [-0.4, -0.2) is 23.5 Å². The van der Waals surface area contributed by atoms with Crippen molar-refractivity contribution in [3.63, 3.8) is 0 Å². The topological polar surface area (TPSA) is 42.2 Å². The maximum absolute atomic E-state index is 6.25. The number of rotatable bonds is 5. The maximum Gasteiger partial charge on any atom is 0.0795 e. The van der Waals surface area contributed by atoms with Gasteiger partial charge in [0.1, 0.15) is 0 Å². The van der Waals surface area contributed by atoms with Gasteiger partial charge in [0, 0.05) is 34.6 Å². The zero-order valence-electron chi connectivity index (χ0n) is 10.5. The molecule has 102 valence electrons. The summed E-state index contributed by atoms with van der Waals surface area (Å²) in [5.41, 5.74) is 9.75. The number of thiazole rings is 1. The molecule has 6 heteroatoms. The second-order valence-corrected chi connectivity index (χ2v) is 5.87. The Morgan fingerprint density at radius 1 is 1.42 bits per heavy atom. The van der Waals surface area contributed by atoms with Crippen molar-refractivity contribution in [2.75, 3.05) is 13.6 Å². The van der Waals surface area contributed by atoms with Crippen molar-refractivity contribution < 1.29 is 0 Å². The van der Waals surface area contributed by atoms with Crippen molar-refractivity contribution in [3.05, 3.63) is 50.4 Å². The van der Waals surface area contributed by atoms with Gasteiger partial charge >= 0.3 is 0 Å². The van der Waals surface area contributed by atoms with Crippen LogP contribution in [-0.2, 0) is 6.54 Å². The molecule has 0 bridgehead atoms. The molecular formula is C13H15Cl2N3S. The van der Waals surface area contributed by atoms with E-state index in [1.807, 2.05) is 30.1 Å². The van der Waals surface area contributed by atoms with Crippen LogP contribution in [0.4, 0.5) is 0 Å². The van der Waals surface area contributed by atoms with E-state index in [9.17, 15) is 0 Å². The van der Waals surface area contributed by atoms with Crippen LogP contribution in [0.5, 0.6) is 0 Å². The van der Waals surface area contributed by atoms with Crippen molar-refractivity contribution >= 4 is 34.5 Å². The predicted octanol–water partition coefficient (Wildman–Crippen LogP) is 3.58. The Labute approximate surface area is 127 Å². The first-order chi connectivity index (χ1) is 9.11. The number of likely N-dealkylation sites (N-methyl/N-ethyl adjacent to an activating group) is 1. The number of nitrogens with two attached hydrogens (primary N) is 1. The summed E-state index contributed by atoms with van der Waals surface area (Å²) in [5, 5.41) is 3.31. The summed E-state index contributed by atoms with van der Waals surface area (Å²) in [7, 11) is 2.02. The number of benzene rings is 1. The Kier molecular flexibility index (Phi) is 5.19. The van der Waals surface area contributed by atoms with Crippen LogP contribution in [0.15, 0.2) is 29.1 Å². The Morgan fingerprint density at radius 3 is 2.79 bits per heavy atom. The molecule has 0 fully saturated rings. The zero-order chi connectivity index (χ0) is 13.8. The molecule has 1 aromatic heterocycles. The van der Waals surface area contributed by atoms with Gasteiger partial charge in [0.2, 0.25) is 0 Å². The molecule has 0 saturated heterocycles. The van der Waals surface area contributed by atoms with Gasteiger partial charge in [0.15, 0.2) is 0 Å². The highest BCUT2D eigenvalue weighted by molar-refractivity contribution is 7.07. The zero-order valence-corrected chi connectivity index (χ0v) is 12.8. The van der Waals surface area contributed by atoms with Crippen LogP contribution >= 0.6 is 34.5 Å². The summed E-state index contributed by atoms with van der Waals surface area (Å²) in [5.74, 6) is 0. The lowest BCUT2D eigenvalue weighted by Crippen LogP contribution is -2.30. The fraction of sp³-hybridized carbons (Fsp3) is 0.308. The fourth-order valence-corrected chi connectivity index (χ4v) is 3.08. The molecule has 2 N–H and O–H groups in total. The van der Waals surface area contributed by atoms with E-state index in [1.54, 1.807) is 17.4 Å². The number of aromatic nitrogens is 1. The molecule has 0 aliphatic carbocycles. The molecule has 2 rings (SSSR count). The van der Waals surface area contributed by atoms with Gasteiger partial charge in [-0.25, -0.2) is 4.98 Å². The molecule has 2 aromatic rings. The fourth-order valence-electron chi connectivity index (χ4n) is 2.00. The van der Waals surface area contributed by atoms with E-state index >= 15 is 0 Å². The normalized spacial score (nSPS) is 12.9. The lowest BCUT2D eigenvalue weighted by atomic mass is 10.1. The Bertz CT molecular complexity index is 531. The van der Waals surface area contributed by atoms with Crippen LogP contribution in [0.1, 0.15) is 17.3 Å². The quantitative estimate of drug-likeness (QED) is 0.917. The largest absolute Gasteiger partial charge is 0.329 e. The average Bonchev–Trinajstić information content (AvgIpc) is 2.85. The molecule has 0 aliphatic heterocycles. The van der Waals surface area contributed by atoms with Crippen molar-refractivity contribution in [2.45, 2.75) is 12.6 Å². The highest BCUT2D eigenvalue weighted by Gasteiger charge is 2.19. The minimum absolute atomic E-state index is 0.0477. The van der Waals surface area contributed by atoms with Gasteiger partial charge in [0.25, 0.3) is 0 Å². The lowest BCUT2D eigenvalue weighted by Gasteiger charge is -2.27. The first-order valence-electron chi connectivity index (χ1n) is 5.84. The summed E-state index contributed by atoms with van der Waals surface area (Å²) >= 11 is 13.8. The molecule has 0 amide bonds. The van der Waals surface area contributed by atoms with Crippen molar-refractivity contribution in [1.29, 1.82) is 0 Å². The molecule has 1 aromatic carbocycles. The molecule has 0 aliphatic rings. The first-order valence-corrected chi connectivity index (χ1v) is 7.54. The molecule has 0 radical (unpaired) electrons. The standard InChI is InChI=1S/C13H15Cl2N3S/c1-18(6-10-7-19-8-17-10)13(5-16)11-3-2-9(14)4-12(11)15/h2-4,7-8,13H,5-6,16H2,1H3. The molecule has 1 heterocycles. The van der Waals surface area contributed by atoms with Crippen molar-refractivity contribution in [3.8, 4) is 0 Å². The van der Waals surface area contributed by atoms with Gasteiger partial charge in [-0.1, -0.05) is 29.3 Å². The highest BCUT2D eigenvalue weighted by atomic mass is 35.5. The molecule has 3 nitrogen and oxygen atoms in total. The average molecular weight is 316 g/mol. The van der Waals surface area contributed by atoms with Gasteiger partial charge in [0.05, 0.1) is 11.2 Å². The van der Waals surface area contributed by atoms with Crippen LogP contribution in [0.2, 0.25) is 10.0 Å². The SMILES string of the molecule is CN(Cc1cscn1)C(CN)c1ccc(Cl)cc1Cl. The third-order valence-corrected chi connectivity index (χ3v) is 4.17. The minimum Gasteiger partial charge on any atom is -0.329 e. The van der Waals surface area contributed by atoms with Crippen molar-refractivity contribution in [2.24, 2.45) is 5.73 Å². The molecular weight excluding hydrogens is 301 g/mol. The number of nitrogens with zero attached hydrogens (tertiary/aromatic N) is 2. The number of halogens is 2. The van der Waals surface area contributed by atoms with Gasteiger partial charge in [-0.15, -0.1) is 11.3 Å². The summed E-state index contributed by atoms with van der Waals surface area (Å²) in [6, 6.07) is 5.56. The molecule has 1 atom stereocenters. The van der Waals surface area contributed by atoms with Crippen LogP contribution in [0, 0.1) is 0 Å². The molecule has 1 unspecified atom stereocenters. The lowest BCUT2D eigenvalue weighted by molar-refractivity contribution is 0.239. The Hall–Kier alpha value is -0.650. The van der Waals surface area contributed by atoms with Crippen LogP contribution in [0.3, 0.4) is 0 Å². The number of hydrogen-bond acceptors (Lipinski definition) is 4. The van der Waals surface area contributed by atoms with Gasteiger partial charge < -0.3 is 5.73 Å². The first kappa shape index (κ1) is 14.8. The predicted molar refractivity (Wildman–Crippen MR) is 81.8 cm³/mol. The third-order valence-electron chi connectivity index (χ3n) is 2.97. The van der Waals surface area contributed by atoms with E-state index < -0.39 is 0 Å². The van der Waals surface area contributed by atoms with Crippen molar-refractivity contribution in [1.82, 2.24) is 9.88 Å². The molecule has 19 heavy (non-hydrogen) atoms. The van der Waals surface area contributed by atoms with E-state index in [2.05, 4.69) is 9.88 Å². The molecule has 0 spiro atoms. The van der Waals surface area contributed by atoms with E-state index in [0.29, 0.717) is 16.6 Å². The highest BCUT2D eigenvalue weighted by Crippen LogP contribution is 2.29. The summed E-state index contributed by atoms with van der Waals surface area (Å²) in [6.07, 6.45) is 0. The monoisotopic (exact) mass is 315 g/mol. The Morgan fingerprint density at radius 2 is 2.21 bits per heavy atom. The number of hydrogen-bond donors (Lipinski definition) is 1. The van der Waals surface area contributed by atoms with Crippen LogP contribution in [0.25, 0.3) is 0 Å².